The Kier molecular flexibility index (Phi) is 6.10. The number of nitrogens with zero attached hydrogens (tertiary/aromatic N) is 2. The van der Waals surface area contributed by atoms with Gasteiger partial charge in [-0.2, -0.15) is 0 Å². The van der Waals surface area contributed by atoms with E-state index >= 15 is 0 Å². The van der Waals surface area contributed by atoms with Gasteiger partial charge in [-0.15, -0.1) is 0 Å². The zero-order chi connectivity index (χ0) is 19.5. The van der Waals surface area contributed by atoms with Crippen LogP contribution < -0.4 is 9.47 Å². The molecule has 3 fully saturated rings. The summed E-state index contributed by atoms with van der Waals surface area (Å²) in [6.45, 7) is 2.53. The first-order valence-corrected chi connectivity index (χ1v) is 11.0. The average molecular weight is 387 g/mol. The first-order valence-electron chi connectivity index (χ1n) is 11.0. The monoisotopic (exact) mass is 386 g/mol. The van der Waals surface area contributed by atoms with Crippen LogP contribution in [-0.4, -0.2) is 55.6 Å². The molecule has 28 heavy (non-hydrogen) atoms. The molecule has 4 rings (SSSR count). The number of rotatable bonds is 5. The molecule has 5 nitrogen and oxygen atoms in total. The fraction of sp³-hybridized carbons (Fsp3) is 0.696. The molecule has 1 aromatic carbocycles. The minimum Gasteiger partial charge on any atom is -0.493 e. The highest BCUT2D eigenvalue weighted by Gasteiger charge is 2.36. The smallest absolute Gasteiger partial charge is 0.237 e. The van der Waals surface area contributed by atoms with Crippen molar-refractivity contribution in [3.8, 4) is 11.5 Å². The van der Waals surface area contributed by atoms with Crippen LogP contribution in [0, 0.1) is 5.92 Å². The lowest BCUT2D eigenvalue weighted by Gasteiger charge is -2.44. The number of ether oxygens (including phenoxy) is 2. The Morgan fingerprint density at radius 3 is 2.54 bits per heavy atom. The molecule has 0 N–H and O–H groups in total. The fourth-order valence-corrected chi connectivity index (χ4v) is 5.66. The van der Waals surface area contributed by atoms with Gasteiger partial charge in [-0.25, -0.2) is 0 Å². The summed E-state index contributed by atoms with van der Waals surface area (Å²) in [4.78, 5) is 17.9. The minimum absolute atomic E-state index is 0.152. The standard InChI is InChI=1S/C23H34N2O3/c1-27-21-12-11-18(15-22(21)28-2)20-10-6-14-25(20)23(26)16-24-13-5-8-17-7-3-4-9-19(17)24/h11-12,15,17,19-20H,3-10,13-14,16H2,1-2H3. The Balaban J connectivity index is 1.46. The van der Waals surface area contributed by atoms with Gasteiger partial charge in [-0.3, -0.25) is 9.69 Å². The predicted molar refractivity (Wildman–Crippen MR) is 110 cm³/mol. The van der Waals surface area contributed by atoms with E-state index < -0.39 is 0 Å². The second-order valence-corrected chi connectivity index (χ2v) is 8.58. The summed E-state index contributed by atoms with van der Waals surface area (Å²) in [5.74, 6) is 2.58. The number of benzene rings is 1. The Bertz CT molecular complexity index is 690. The van der Waals surface area contributed by atoms with E-state index in [2.05, 4.69) is 15.9 Å². The number of methoxy groups -OCH3 is 2. The number of hydrogen-bond donors (Lipinski definition) is 0. The molecule has 1 aliphatic carbocycles. The van der Waals surface area contributed by atoms with Crippen LogP contribution in [0.15, 0.2) is 18.2 Å². The van der Waals surface area contributed by atoms with Gasteiger partial charge < -0.3 is 14.4 Å². The van der Waals surface area contributed by atoms with E-state index in [1.807, 2.05) is 12.1 Å². The van der Waals surface area contributed by atoms with Gasteiger partial charge in [-0.05, 0) is 68.7 Å². The number of fused-ring (bicyclic) bond motifs is 1. The van der Waals surface area contributed by atoms with Gasteiger partial charge in [0.1, 0.15) is 0 Å². The van der Waals surface area contributed by atoms with Gasteiger partial charge in [0.25, 0.3) is 0 Å². The average Bonchev–Trinajstić information content (AvgIpc) is 3.23. The maximum Gasteiger partial charge on any atom is 0.237 e. The molecule has 2 aliphatic heterocycles. The largest absolute Gasteiger partial charge is 0.493 e. The molecule has 154 valence electrons. The molecule has 0 aromatic heterocycles. The van der Waals surface area contributed by atoms with Gasteiger partial charge in [-0.1, -0.05) is 18.9 Å². The topological polar surface area (TPSA) is 42.0 Å². The van der Waals surface area contributed by atoms with Crippen molar-refractivity contribution in [2.24, 2.45) is 5.92 Å². The molecule has 3 unspecified atom stereocenters. The summed E-state index contributed by atoms with van der Waals surface area (Å²) in [5, 5.41) is 0. The Hall–Kier alpha value is -1.75. The summed E-state index contributed by atoms with van der Waals surface area (Å²) in [6.07, 6.45) is 10.0. The maximum absolute atomic E-state index is 13.3. The highest BCUT2D eigenvalue weighted by atomic mass is 16.5. The SMILES string of the molecule is COc1ccc(C2CCCN2C(=O)CN2CCCC3CCCCC32)cc1OC. The van der Waals surface area contributed by atoms with Crippen molar-refractivity contribution in [1.82, 2.24) is 9.80 Å². The van der Waals surface area contributed by atoms with Gasteiger partial charge >= 0.3 is 0 Å². The predicted octanol–water partition coefficient (Wildman–Crippen LogP) is 4.02. The van der Waals surface area contributed by atoms with Gasteiger partial charge in [0.2, 0.25) is 5.91 Å². The molecule has 3 atom stereocenters. The molecule has 0 radical (unpaired) electrons. The Morgan fingerprint density at radius 1 is 0.964 bits per heavy atom. The Labute approximate surface area is 169 Å². The van der Waals surface area contributed by atoms with Crippen LogP contribution in [0.5, 0.6) is 11.5 Å². The lowest BCUT2D eigenvalue weighted by Crippen LogP contribution is -2.51. The molecule has 0 bridgehead atoms. The molecular weight excluding hydrogens is 352 g/mol. The fourth-order valence-electron chi connectivity index (χ4n) is 5.66. The third-order valence-corrected chi connectivity index (χ3v) is 7.06. The first kappa shape index (κ1) is 19.6. The molecule has 3 aliphatic rings. The summed E-state index contributed by atoms with van der Waals surface area (Å²) in [7, 11) is 3.32. The highest BCUT2D eigenvalue weighted by Crippen LogP contribution is 2.38. The van der Waals surface area contributed by atoms with Crippen LogP contribution >= 0.6 is 0 Å². The summed E-state index contributed by atoms with van der Waals surface area (Å²) in [5.41, 5.74) is 1.15. The van der Waals surface area contributed by atoms with Crippen molar-refractivity contribution in [2.45, 2.75) is 63.5 Å². The molecule has 2 saturated heterocycles. The van der Waals surface area contributed by atoms with Crippen LogP contribution in [0.4, 0.5) is 0 Å². The van der Waals surface area contributed by atoms with Crippen LogP contribution in [0.25, 0.3) is 0 Å². The maximum atomic E-state index is 13.3. The van der Waals surface area contributed by atoms with E-state index in [0.29, 0.717) is 18.5 Å². The van der Waals surface area contributed by atoms with Crippen molar-refractivity contribution in [3.63, 3.8) is 0 Å². The van der Waals surface area contributed by atoms with Crippen molar-refractivity contribution < 1.29 is 14.3 Å². The van der Waals surface area contributed by atoms with Crippen LogP contribution in [0.2, 0.25) is 0 Å². The van der Waals surface area contributed by atoms with E-state index in [1.165, 1.54) is 38.5 Å². The van der Waals surface area contributed by atoms with Crippen molar-refractivity contribution >= 4 is 5.91 Å². The van der Waals surface area contributed by atoms with Crippen molar-refractivity contribution in [2.75, 3.05) is 33.9 Å². The molecule has 1 amide bonds. The van der Waals surface area contributed by atoms with E-state index in [9.17, 15) is 4.79 Å². The third kappa shape index (κ3) is 3.86. The summed E-state index contributed by atoms with van der Waals surface area (Å²) < 4.78 is 10.8. The third-order valence-electron chi connectivity index (χ3n) is 7.06. The lowest BCUT2D eigenvalue weighted by molar-refractivity contribution is -0.135. The molecule has 1 saturated carbocycles. The van der Waals surface area contributed by atoms with Gasteiger partial charge in [0.05, 0.1) is 26.8 Å². The van der Waals surface area contributed by atoms with E-state index in [-0.39, 0.29) is 6.04 Å². The van der Waals surface area contributed by atoms with E-state index in [0.717, 1.165) is 48.9 Å². The van der Waals surface area contributed by atoms with Gasteiger partial charge in [0.15, 0.2) is 11.5 Å². The molecule has 1 aromatic rings. The number of hydrogen-bond acceptors (Lipinski definition) is 4. The van der Waals surface area contributed by atoms with Crippen LogP contribution in [0.1, 0.15) is 63.0 Å². The van der Waals surface area contributed by atoms with E-state index in [4.69, 9.17) is 9.47 Å². The van der Waals surface area contributed by atoms with Crippen LogP contribution in [-0.2, 0) is 4.79 Å². The number of likely N-dealkylation sites (tertiary alicyclic amines) is 2. The van der Waals surface area contributed by atoms with E-state index in [1.54, 1.807) is 14.2 Å². The Morgan fingerprint density at radius 2 is 1.71 bits per heavy atom. The molecular formula is C23H34N2O3. The van der Waals surface area contributed by atoms with Crippen molar-refractivity contribution in [3.05, 3.63) is 23.8 Å². The second kappa shape index (κ2) is 8.73. The number of carbonyl (C=O) groups excluding carboxylic acids is 1. The first-order chi connectivity index (χ1) is 13.7. The zero-order valence-electron chi connectivity index (χ0n) is 17.4. The van der Waals surface area contributed by atoms with Crippen LogP contribution in [0.3, 0.4) is 0 Å². The molecule has 5 heteroatoms. The summed E-state index contributed by atoms with van der Waals surface area (Å²) >= 11 is 0. The molecule has 0 spiro atoms. The number of piperidine rings is 1. The van der Waals surface area contributed by atoms with Crippen molar-refractivity contribution in [1.29, 1.82) is 0 Å². The second-order valence-electron chi connectivity index (χ2n) is 8.58. The quantitative estimate of drug-likeness (QED) is 0.766. The minimum atomic E-state index is 0.152. The number of amides is 1. The molecule has 2 heterocycles. The normalized spacial score (nSPS) is 28.1. The lowest BCUT2D eigenvalue weighted by atomic mass is 9.78. The van der Waals surface area contributed by atoms with Gasteiger partial charge in [0, 0.05) is 12.6 Å². The zero-order valence-corrected chi connectivity index (χ0v) is 17.4. The number of carbonyl (C=O) groups is 1. The highest BCUT2D eigenvalue weighted by molar-refractivity contribution is 5.79. The summed E-state index contributed by atoms with van der Waals surface area (Å²) in [6, 6.07) is 6.85.